The standard InChI is InChI=1S/C99H138N10O24S2/c1-7-10-20-50-78(128-95-81(101-63(4)110)84(117)87(120)92(125)131-95)106-76(115)56-54-73(91(124)108-80(52-22-12-9-3)130-97-83(103-65(6)112)86(119)89(122)94(127)133-97)105-75(114)55-53-72(90(123)107-79(51-21-11-8-2)129-96-82(102-64(5)111)85(118)88(121)93(126)132-96)104-74(113)49-35-19-36-58-109(59-61-135-99(69-43-29-16-30-44-69,70-45-31-17-32-46-70)71-47-33-18-34-48-71)62-77(116)100-57-60-134-98(66-37-23-13-24-38-66,67-39-25-14-26-40-67)68-41-27-15-28-42-68/h13-18,23-34,37-48,72-73,78-89,92-97,117-122,125-127H,7-12,19-22,35-36,49-62H2,1-6H3,(H,100,116)(H,101,110)(H,102,111)(H,103,112)(H,104,113)(H,105,114)(H,106,115)(H,107,123)(H,108,124)/t72?,73?,78?,79?,80?,81?,82?,83?,84?,85?,86?,87?,88?,89?,92-,93-,94-,95?,96?,97?/m0/s1. The molecule has 0 aromatic heterocycles. The van der Waals surface area contributed by atoms with Crippen molar-refractivity contribution in [3.63, 3.8) is 0 Å². The Morgan fingerprint density at radius 3 is 0.970 bits per heavy atom. The number of nitrogens with one attached hydrogen (secondary N) is 9. The second-order valence-corrected chi connectivity index (χ2v) is 36.9. The van der Waals surface area contributed by atoms with Crippen molar-refractivity contribution in [3.05, 3.63) is 215 Å². The largest absolute Gasteiger partial charge is 0.388 e. The number of carbonyl (C=O) groups excluding carboxylic acids is 9. The van der Waals surface area contributed by atoms with Gasteiger partial charge < -0.3 is 122 Å². The van der Waals surface area contributed by atoms with Crippen LogP contribution in [0.1, 0.15) is 203 Å². The van der Waals surface area contributed by atoms with Crippen molar-refractivity contribution >= 4 is 76.7 Å². The summed E-state index contributed by atoms with van der Waals surface area (Å²) in [6.45, 7) is 10.5. The molecule has 3 aliphatic heterocycles. The molecule has 0 radical (unpaired) electrons. The van der Waals surface area contributed by atoms with Gasteiger partial charge in [-0.3, -0.25) is 48.1 Å². The van der Waals surface area contributed by atoms with Crippen molar-refractivity contribution < 1.29 is 118 Å². The summed E-state index contributed by atoms with van der Waals surface area (Å²) in [5, 5.41) is 122. The van der Waals surface area contributed by atoms with E-state index in [1.54, 1.807) is 23.5 Å². The second-order valence-electron chi connectivity index (χ2n) is 34.3. The second kappa shape index (κ2) is 56.5. The zero-order chi connectivity index (χ0) is 97.4. The Bertz CT molecular complexity index is 4390. The Labute approximate surface area is 798 Å². The average molecular weight is 1920 g/mol. The molecule has 6 aromatic rings. The SMILES string of the molecule is CCCCCC(NC(=O)CCC(NC(=O)CCC(NC(=O)CCCCCN(CCSC(c1ccccc1)(c1ccccc1)c1ccccc1)CC(=O)NCCSC(c1ccccc1)(c1ccccc1)c1ccccc1)C(=O)NC(CCCCC)OC1O[C@H](O)C(O)C(O)C1NC(C)=O)C(=O)NC(CCCCC)OC1O[C@H](O)C(O)C(O)C1NC(C)=O)OC1O[C@H](O)C(O)C(O)C1NC(C)=O. The van der Waals surface area contributed by atoms with Gasteiger partial charge in [-0.15, -0.1) is 23.5 Å². The third-order valence-corrected chi connectivity index (χ3v) is 26.9. The summed E-state index contributed by atoms with van der Waals surface area (Å²) >= 11 is 3.50. The number of thioether (sulfide) groups is 2. The van der Waals surface area contributed by atoms with Crippen LogP contribution in [0.5, 0.6) is 0 Å². The summed E-state index contributed by atoms with van der Waals surface area (Å²) in [7, 11) is 0. The van der Waals surface area contributed by atoms with Crippen molar-refractivity contribution in [2.75, 3.05) is 37.7 Å². The van der Waals surface area contributed by atoms with Gasteiger partial charge in [-0.25, -0.2) is 0 Å². The molecule has 3 aliphatic rings. The molecule has 20 atom stereocenters. The zero-order valence-electron chi connectivity index (χ0n) is 77.7. The van der Waals surface area contributed by atoms with E-state index in [2.05, 4.69) is 126 Å². The molecule has 0 saturated carbocycles. The van der Waals surface area contributed by atoms with E-state index < -0.39 is 206 Å². The van der Waals surface area contributed by atoms with E-state index in [4.69, 9.17) is 28.4 Å². The van der Waals surface area contributed by atoms with Crippen LogP contribution in [0, 0.1) is 0 Å². The molecular weight excluding hydrogens is 1780 g/mol. The number of carbonyl (C=O) groups is 9. The van der Waals surface area contributed by atoms with E-state index in [0.29, 0.717) is 95.3 Å². The molecule has 0 spiro atoms. The van der Waals surface area contributed by atoms with E-state index >= 15 is 9.59 Å². The third-order valence-electron chi connectivity index (χ3n) is 23.8. The van der Waals surface area contributed by atoms with Gasteiger partial charge in [0.15, 0.2) is 37.7 Å². The lowest BCUT2D eigenvalue weighted by Gasteiger charge is -2.42. The van der Waals surface area contributed by atoms with Crippen LogP contribution in [0.4, 0.5) is 0 Å². The summed E-state index contributed by atoms with van der Waals surface area (Å²) in [6.07, 6.45) is -22.0. The molecule has 0 bridgehead atoms. The summed E-state index contributed by atoms with van der Waals surface area (Å²) in [6, 6.07) is 54.2. The summed E-state index contributed by atoms with van der Waals surface area (Å²) in [5.41, 5.74) is 6.47. The van der Waals surface area contributed by atoms with Crippen LogP contribution >= 0.6 is 23.5 Å². The van der Waals surface area contributed by atoms with E-state index in [9.17, 15) is 79.5 Å². The minimum absolute atomic E-state index is 0.0203. The first-order chi connectivity index (χ1) is 65.0. The topological polar surface area (TPSA) is 503 Å². The maximum Gasteiger partial charge on any atom is 0.244 e. The van der Waals surface area contributed by atoms with Crippen molar-refractivity contribution in [2.24, 2.45) is 0 Å². The highest BCUT2D eigenvalue weighted by Gasteiger charge is 2.50. The summed E-state index contributed by atoms with van der Waals surface area (Å²) in [5.74, 6) is -5.28. The first-order valence-electron chi connectivity index (χ1n) is 47.0. The van der Waals surface area contributed by atoms with Crippen LogP contribution in [-0.2, 0) is 81.1 Å². The van der Waals surface area contributed by atoms with Crippen molar-refractivity contribution in [2.45, 2.75) is 303 Å². The van der Waals surface area contributed by atoms with Gasteiger partial charge in [-0.05, 0) is 104 Å². The van der Waals surface area contributed by atoms with Gasteiger partial charge in [0.2, 0.25) is 53.2 Å². The molecular formula is C99H138N10O24S2. The van der Waals surface area contributed by atoms with Crippen LogP contribution in [0.2, 0.25) is 0 Å². The molecule has 3 fully saturated rings. The molecule has 9 amide bonds. The highest BCUT2D eigenvalue weighted by Crippen LogP contribution is 2.50. The molecule has 34 nitrogen and oxygen atoms in total. The number of nitrogens with zero attached hydrogens (tertiary/aromatic N) is 1. The lowest BCUT2D eigenvalue weighted by Crippen LogP contribution is -2.65. The highest BCUT2D eigenvalue weighted by atomic mass is 32.2. The third kappa shape index (κ3) is 32.9. The molecule has 36 heteroatoms. The Kier molecular flexibility index (Phi) is 45.7. The molecule has 18 N–H and O–H groups in total. The van der Waals surface area contributed by atoms with Gasteiger partial charge in [0.1, 0.15) is 85.5 Å². The lowest BCUT2D eigenvalue weighted by atomic mass is 9.84. The minimum Gasteiger partial charge on any atom is -0.388 e. The Morgan fingerprint density at radius 2 is 0.652 bits per heavy atom. The Balaban J connectivity index is 0.969. The minimum atomic E-state index is -2.03. The molecule has 17 unspecified atom stereocenters. The fraction of sp³-hybridized carbons (Fsp3) is 0.545. The Hall–Kier alpha value is -9.39. The molecule has 135 heavy (non-hydrogen) atoms. The van der Waals surface area contributed by atoms with Crippen LogP contribution in [-0.4, -0.2) is 265 Å². The summed E-state index contributed by atoms with van der Waals surface area (Å²) in [4.78, 5) is 128. The van der Waals surface area contributed by atoms with Gasteiger partial charge in [0.05, 0.1) is 16.0 Å². The Morgan fingerprint density at radius 1 is 0.348 bits per heavy atom. The fourth-order valence-corrected chi connectivity index (χ4v) is 19.8. The van der Waals surface area contributed by atoms with Crippen molar-refractivity contribution in [3.8, 4) is 0 Å². The number of benzene rings is 6. The number of hydrogen-bond donors (Lipinski definition) is 18. The van der Waals surface area contributed by atoms with E-state index in [0.717, 1.165) is 60.6 Å². The molecule has 9 rings (SSSR count). The number of amides is 9. The number of unbranched alkanes of at least 4 members (excludes halogenated alkanes) is 8. The number of rotatable bonds is 56. The van der Waals surface area contributed by atoms with E-state index in [1.807, 2.05) is 130 Å². The first kappa shape index (κ1) is 109. The molecule has 3 saturated heterocycles. The van der Waals surface area contributed by atoms with Gasteiger partial charge in [-0.2, -0.15) is 0 Å². The first-order valence-corrected chi connectivity index (χ1v) is 48.9. The normalized spacial score (nSPS) is 23.0. The lowest BCUT2D eigenvalue weighted by molar-refractivity contribution is -0.326. The van der Waals surface area contributed by atoms with Gasteiger partial charge in [-0.1, -0.05) is 248 Å². The summed E-state index contributed by atoms with van der Waals surface area (Å²) < 4.78 is 34.0. The van der Waals surface area contributed by atoms with Crippen LogP contribution in [0.15, 0.2) is 182 Å². The van der Waals surface area contributed by atoms with Gasteiger partial charge in [0, 0.05) is 64.6 Å². The molecule has 3 heterocycles. The van der Waals surface area contributed by atoms with E-state index in [-0.39, 0.29) is 44.6 Å². The predicted octanol–water partition coefficient (Wildman–Crippen LogP) is 5.77. The van der Waals surface area contributed by atoms with Crippen molar-refractivity contribution in [1.29, 1.82) is 0 Å². The van der Waals surface area contributed by atoms with Gasteiger partial charge in [0.25, 0.3) is 0 Å². The van der Waals surface area contributed by atoms with Crippen LogP contribution in [0.3, 0.4) is 0 Å². The number of ether oxygens (including phenoxy) is 6. The monoisotopic (exact) mass is 1910 g/mol. The zero-order valence-corrected chi connectivity index (χ0v) is 79.3. The predicted molar refractivity (Wildman–Crippen MR) is 507 cm³/mol. The highest BCUT2D eigenvalue weighted by molar-refractivity contribution is 8.00. The van der Waals surface area contributed by atoms with Crippen LogP contribution in [0.25, 0.3) is 0 Å². The number of hydrogen-bond acceptors (Lipinski definition) is 27. The maximum absolute atomic E-state index is 15.2. The fourth-order valence-electron chi connectivity index (χ4n) is 16.8. The quantitative estimate of drug-likeness (QED) is 0.0122. The molecule has 0 aliphatic carbocycles. The number of aliphatic hydroxyl groups excluding tert-OH is 9. The van der Waals surface area contributed by atoms with E-state index in [1.165, 1.54) is 0 Å². The maximum atomic E-state index is 15.2. The smallest absolute Gasteiger partial charge is 0.244 e. The average Bonchev–Trinajstić information content (AvgIpc) is 0.760. The molecule has 6 aromatic carbocycles. The number of aliphatic hydroxyl groups is 9. The van der Waals surface area contributed by atoms with Gasteiger partial charge >= 0.3 is 0 Å². The van der Waals surface area contributed by atoms with Crippen LogP contribution < -0.4 is 47.9 Å². The van der Waals surface area contributed by atoms with Crippen molar-refractivity contribution in [1.82, 2.24) is 52.8 Å². The molecule has 740 valence electrons.